The summed E-state index contributed by atoms with van der Waals surface area (Å²) in [4.78, 5) is 23.5. The van der Waals surface area contributed by atoms with Gasteiger partial charge in [-0.05, 0) is 50.8 Å². The standard InChI is InChI=1S/C27H28F6N4O3/c1-15(37(3)4)14-40-25-35-20(12-16-10-17(26(28,29)30)13-18(11-16)27(31,32)33)22(23(36-25)24(38)34-2)19-8-6-7-9-21(19)39-5/h6-11,13,15H,12,14H2,1-5H3,(H,34,38). The summed E-state index contributed by atoms with van der Waals surface area (Å²) in [5.41, 5.74) is -3.08. The summed E-state index contributed by atoms with van der Waals surface area (Å²) < 4.78 is 92.4. The van der Waals surface area contributed by atoms with Gasteiger partial charge in [-0.15, -0.1) is 0 Å². The lowest BCUT2D eigenvalue weighted by molar-refractivity contribution is -0.143. The normalized spacial score (nSPS) is 12.8. The lowest BCUT2D eigenvalue weighted by Gasteiger charge is -2.21. The van der Waals surface area contributed by atoms with Crippen LogP contribution >= 0.6 is 0 Å². The summed E-state index contributed by atoms with van der Waals surface area (Å²) in [7, 11) is 6.36. The molecule has 1 unspecified atom stereocenters. The highest BCUT2D eigenvalue weighted by molar-refractivity contribution is 6.00. The maximum atomic E-state index is 13.6. The highest BCUT2D eigenvalue weighted by Crippen LogP contribution is 2.39. The second-order valence-electron chi connectivity index (χ2n) is 9.17. The van der Waals surface area contributed by atoms with Crippen molar-refractivity contribution < 1.29 is 40.6 Å². The van der Waals surface area contributed by atoms with Crippen molar-refractivity contribution in [1.29, 1.82) is 0 Å². The number of methoxy groups -OCH3 is 1. The summed E-state index contributed by atoms with van der Waals surface area (Å²) in [6.07, 6.45) is -10.6. The number of para-hydroxylation sites is 1. The Bertz CT molecular complexity index is 1330. The van der Waals surface area contributed by atoms with Gasteiger partial charge in [0.15, 0.2) is 0 Å². The second-order valence-corrected chi connectivity index (χ2v) is 9.17. The van der Waals surface area contributed by atoms with Crippen LogP contribution in [0.2, 0.25) is 0 Å². The zero-order valence-corrected chi connectivity index (χ0v) is 22.4. The molecule has 0 aliphatic rings. The predicted molar refractivity (Wildman–Crippen MR) is 135 cm³/mol. The smallest absolute Gasteiger partial charge is 0.416 e. The van der Waals surface area contributed by atoms with Crippen LogP contribution in [-0.4, -0.2) is 61.7 Å². The van der Waals surface area contributed by atoms with Gasteiger partial charge in [-0.3, -0.25) is 4.79 Å². The number of carbonyl (C=O) groups excluding carboxylic acids is 1. The van der Waals surface area contributed by atoms with Crippen LogP contribution < -0.4 is 14.8 Å². The van der Waals surface area contributed by atoms with Gasteiger partial charge in [0, 0.05) is 30.6 Å². The maximum Gasteiger partial charge on any atom is 0.416 e. The zero-order valence-electron chi connectivity index (χ0n) is 22.4. The number of halogens is 6. The van der Waals surface area contributed by atoms with Crippen LogP contribution in [0.4, 0.5) is 26.3 Å². The van der Waals surface area contributed by atoms with Crippen LogP contribution in [0.5, 0.6) is 11.8 Å². The molecular weight excluding hydrogens is 542 g/mol. The van der Waals surface area contributed by atoms with Crippen molar-refractivity contribution >= 4 is 5.91 Å². The van der Waals surface area contributed by atoms with Gasteiger partial charge in [-0.2, -0.15) is 36.3 Å². The van der Waals surface area contributed by atoms with Gasteiger partial charge in [0.1, 0.15) is 18.1 Å². The molecule has 40 heavy (non-hydrogen) atoms. The molecule has 1 heterocycles. The van der Waals surface area contributed by atoms with Crippen molar-refractivity contribution in [3.8, 4) is 22.9 Å². The molecule has 7 nitrogen and oxygen atoms in total. The second kappa shape index (κ2) is 12.1. The quantitative estimate of drug-likeness (QED) is 0.344. The fourth-order valence-electron chi connectivity index (χ4n) is 3.75. The fraction of sp³-hybridized carbons (Fsp3) is 0.370. The number of hydrogen-bond donors (Lipinski definition) is 1. The van der Waals surface area contributed by atoms with E-state index in [1.165, 1.54) is 14.2 Å². The summed E-state index contributed by atoms with van der Waals surface area (Å²) >= 11 is 0. The highest BCUT2D eigenvalue weighted by Gasteiger charge is 2.37. The van der Waals surface area contributed by atoms with Crippen molar-refractivity contribution in [2.45, 2.75) is 31.7 Å². The first-order valence-electron chi connectivity index (χ1n) is 12.0. The molecule has 0 fully saturated rings. The number of alkyl halides is 6. The van der Waals surface area contributed by atoms with E-state index in [-0.39, 0.29) is 53.0 Å². The zero-order chi connectivity index (χ0) is 29.8. The van der Waals surface area contributed by atoms with Crippen LogP contribution in [0.15, 0.2) is 42.5 Å². The number of aromatic nitrogens is 2. The van der Waals surface area contributed by atoms with E-state index in [0.29, 0.717) is 17.7 Å². The van der Waals surface area contributed by atoms with E-state index in [2.05, 4.69) is 15.3 Å². The largest absolute Gasteiger partial charge is 0.496 e. The SMILES string of the molecule is CNC(=O)c1nc(OCC(C)N(C)C)nc(Cc2cc(C(F)(F)F)cc(C(F)(F)F)c2)c1-c1ccccc1OC. The molecule has 3 aromatic rings. The monoisotopic (exact) mass is 570 g/mol. The Labute approximate surface area is 227 Å². The third-order valence-electron chi connectivity index (χ3n) is 6.14. The lowest BCUT2D eigenvalue weighted by atomic mass is 9.95. The summed E-state index contributed by atoms with van der Waals surface area (Å²) in [6, 6.07) is 7.38. The number of carbonyl (C=O) groups is 1. The van der Waals surface area contributed by atoms with E-state index in [4.69, 9.17) is 9.47 Å². The van der Waals surface area contributed by atoms with Crippen LogP contribution in [-0.2, 0) is 18.8 Å². The van der Waals surface area contributed by atoms with E-state index < -0.39 is 35.8 Å². The number of rotatable bonds is 9. The Morgan fingerprint density at radius 1 is 1.00 bits per heavy atom. The molecule has 2 aromatic carbocycles. The molecule has 1 aromatic heterocycles. The van der Waals surface area contributed by atoms with Gasteiger partial charge < -0.3 is 19.7 Å². The van der Waals surface area contributed by atoms with Gasteiger partial charge in [0.05, 0.1) is 23.9 Å². The Morgan fingerprint density at radius 2 is 1.60 bits per heavy atom. The van der Waals surface area contributed by atoms with Crippen LogP contribution in [0.25, 0.3) is 11.1 Å². The number of ether oxygens (including phenoxy) is 2. The number of hydrogen-bond acceptors (Lipinski definition) is 6. The molecule has 0 bridgehead atoms. The highest BCUT2D eigenvalue weighted by atomic mass is 19.4. The summed E-state index contributed by atoms with van der Waals surface area (Å²) in [6.45, 7) is 1.94. The first kappa shape index (κ1) is 30.7. The molecule has 216 valence electrons. The average Bonchev–Trinajstić information content (AvgIpc) is 2.89. The molecule has 1 atom stereocenters. The molecule has 1 N–H and O–H groups in total. The fourth-order valence-corrected chi connectivity index (χ4v) is 3.75. The first-order chi connectivity index (χ1) is 18.6. The van der Waals surface area contributed by atoms with Gasteiger partial charge >= 0.3 is 18.4 Å². The predicted octanol–water partition coefficient (Wildman–Crippen LogP) is 5.47. The Hall–Kier alpha value is -3.87. The number of nitrogens with one attached hydrogen (secondary N) is 1. The number of nitrogens with zero attached hydrogens (tertiary/aromatic N) is 3. The van der Waals surface area contributed by atoms with E-state index in [0.717, 1.165) is 0 Å². The Kier molecular flexibility index (Phi) is 9.28. The van der Waals surface area contributed by atoms with Gasteiger partial charge in [0.25, 0.3) is 5.91 Å². The molecule has 0 aliphatic carbocycles. The molecule has 13 heteroatoms. The van der Waals surface area contributed by atoms with Gasteiger partial charge in [-0.1, -0.05) is 18.2 Å². The Balaban J connectivity index is 2.30. The minimum Gasteiger partial charge on any atom is -0.496 e. The van der Waals surface area contributed by atoms with Crippen LogP contribution in [0.3, 0.4) is 0 Å². The van der Waals surface area contributed by atoms with E-state index in [9.17, 15) is 31.1 Å². The minimum absolute atomic E-state index is 0.0296. The van der Waals surface area contributed by atoms with Gasteiger partial charge in [0.2, 0.25) is 0 Å². The van der Waals surface area contributed by atoms with Gasteiger partial charge in [-0.25, -0.2) is 0 Å². The topological polar surface area (TPSA) is 76.6 Å². The minimum atomic E-state index is -5.03. The summed E-state index contributed by atoms with van der Waals surface area (Å²) in [5, 5.41) is 2.46. The molecule has 1 amide bonds. The van der Waals surface area contributed by atoms with Crippen molar-refractivity contribution in [1.82, 2.24) is 20.2 Å². The average molecular weight is 571 g/mol. The van der Waals surface area contributed by atoms with Crippen LogP contribution in [0.1, 0.15) is 39.8 Å². The molecule has 0 radical (unpaired) electrons. The van der Waals surface area contributed by atoms with Crippen molar-refractivity contribution in [3.63, 3.8) is 0 Å². The maximum absolute atomic E-state index is 13.6. The third-order valence-corrected chi connectivity index (χ3v) is 6.14. The number of likely N-dealkylation sites (N-methyl/N-ethyl adjacent to an activating group) is 1. The van der Waals surface area contributed by atoms with Crippen molar-refractivity contribution in [3.05, 3.63) is 70.5 Å². The number of amides is 1. The first-order valence-corrected chi connectivity index (χ1v) is 12.0. The Morgan fingerprint density at radius 3 is 2.12 bits per heavy atom. The van der Waals surface area contributed by atoms with Crippen LogP contribution in [0, 0.1) is 0 Å². The van der Waals surface area contributed by atoms with Crippen molar-refractivity contribution in [2.75, 3.05) is 34.9 Å². The molecule has 0 aliphatic heterocycles. The number of benzene rings is 2. The van der Waals surface area contributed by atoms with E-state index in [1.807, 2.05) is 25.9 Å². The van der Waals surface area contributed by atoms with E-state index in [1.54, 1.807) is 24.3 Å². The molecule has 0 spiro atoms. The summed E-state index contributed by atoms with van der Waals surface area (Å²) in [5.74, 6) is -0.387. The van der Waals surface area contributed by atoms with Crippen molar-refractivity contribution in [2.24, 2.45) is 0 Å². The molecule has 0 saturated carbocycles. The molecule has 3 rings (SSSR count). The third kappa shape index (κ3) is 7.20. The molecular formula is C27H28F6N4O3. The van der Waals surface area contributed by atoms with E-state index >= 15 is 0 Å². The molecule has 0 saturated heterocycles. The lowest BCUT2D eigenvalue weighted by Crippen LogP contribution is -2.31.